The predicted octanol–water partition coefficient (Wildman–Crippen LogP) is 1.14. The van der Waals surface area contributed by atoms with Crippen LogP contribution < -0.4 is 0 Å². The second kappa shape index (κ2) is 6.27. The van der Waals surface area contributed by atoms with E-state index < -0.39 is 0 Å². The number of hydrogen-bond acceptors (Lipinski definition) is 2. The largest absolute Gasteiger partial charge is 0.384 e. The van der Waals surface area contributed by atoms with Crippen molar-refractivity contribution >= 4 is 15.9 Å². The maximum absolute atomic E-state index is 8.56. The van der Waals surface area contributed by atoms with E-state index in [1.807, 2.05) is 12.1 Å². The topological polar surface area (TPSA) is 40.5 Å². The Balaban J connectivity index is 3.05. The molecule has 0 saturated heterocycles. The molecule has 1 aromatic carbocycles. The maximum atomic E-state index is 8.56. The molecule has 0 unspecified atom stereocenters. The van der Waals surface area contributed by atoms with Crippen molar-refractivity contribution in [3.05, 3.63) is 33.8 Å². The van der Waals surface area contributed by atoms with Gasteiger partial charge >= 0.3 is 0 Å². The fourth-order valence-corrected chi connectivity index (χ4v) is 1.51. The number of hydrogen-bond donors (Lipinski definition) is 2. The van der Waals surface area contributed by atoms with Crippen molar-refractivity contribution in [3.63, 3.8) is 0 Å². The van der Waals surface area contributed by atoms with E-state index in [0.29, 0.717) is 0 Å². The first-order chi connectivity index (χ1) is 7.26. The van der Waals surface area contributed by atoms with Gasteiger partial charge in [-0.1, -0.05) is 39.6 Å². The van der Waals surface area contributed by atoms with Crippen molar-refractivity contribution in [2.24, 2.45) is 0 Å². The molecule has 0 heterocycles. The summed E-state index contributed by atoms with van der Waals surface area (Å²) in [7, 11) is 0. The molecule has 0 bridgehead atoms. The smallest absolute Gasteiger partial charge is 0.104 e. The summed E-state index contributed by atoms with van der Waals surface area (Å²) in [6, 6.07) is 5.48. The maximum Gasteiger partial charge on any atom is 0.104 e. The van der Waals surface area contributed by atoms with Gasteiger partial charge in [-0.3, -0.25) is 0 Å². The summed E-state index contributed by atoms with van der Waals surface area (Å²) in [6.07, 6.45) is 0. The molecular weight excluding hydrogens is 256 g/mol. The highest BCUT2D eigenvalue weighted by atomic mass is 79.9. The van der Waals surface area contributed by atoms with Gasteiger partial charge in [0.2, 0.25) is 0 Å². The minimum absolute atomic E-state index is 0.163. The second-order valence-corrected chi connectivity index (χ2v) is 3.56. The lowest BCUT2D eigenvalue weighted by molar-refractivity contribution is 0.350. The Bertz CT molecular complexity index is 418. The molecule has 2 N–H and O–H groups in total. The summed E-state index contributed by atoms with van der Waals surface area (Å²) in [5.41, 5.74) is 1.56. The molecule has 0 saturated carbocycles. The van der Waals surface area contributed by atoms with Crippen LogP contribution in [0.15, 0.2) is 22.7 Å². The van der Waals surface area contributed by atoms with E-state index in [1.54, 1.807) is 6.07 Å². The van der Waals surface area contributed by atoms with E-state index in [4.69, 9.17) is 10.2 Å². The van der Waals surface area contributed by atoms with E-state index in [0.717, 1.165) is 15.6 Å². The van der Waals surface area contributed by atoms with Crippen LogP contribution in [0.4, 0.5) is 0 Å². The minimum Gasteiger partial charge on any atom is -0.384 e. The van der Waals surface area contributed by atoms with Crippen molar-refractivity contribution < 1.29 is 10.2 Å². The Hall–Kier alpha value is -1.26. The third kappa shape index (κ3) is 4.18. The van der Waals surface area contributed by atoms with Gasteiger partial charge in [-0.2, -0.15) is 0 Å². The summed E-state index contributed by atoms with van der Waals surface area (Å²) in [6.45, 7) is -0.325. The Kier molecular flexibility index (Phi) is 4.93. The van der Waals surface area contributed by atoms with Crippen LogP contribution in [0.1, 0.15) is 11.1 Å². The fraction of sp³-hybridized carbons (Fsp3) is 0.167. The molecule has 76 valence electrons. The van der Waals surface area contributed by atoms with Crippen LogP contribution in [0.3, 0.4) is 0 Å². The molecule has 0 atom stereocenters. The summed E-state index contributed by atoms with van der Waals surface area (Å²) in [5, 5.41) is 17.1. The summed E-state index contributed by atoms with van der Waals surface area (Å²) in [4.78, 5) is 0. The van der Waals surface area contributed by atoms with E-state index in [2.05, 4.69) is 39.6 Å². The van der Waals surface area contributed by atoms with E-state index in [9.17, 15) is 0 Å². The van der Waals surface area contributed by atoms with Crippen LogP contribution in [-0.4, -0.2) is 23.4 Å². The number of halogens is 1. The van der Waals surface area contributed by atoms with Crippen molar-refractivity contribution in [1.29, 1.82) is 0 Å². The Morgan fingerprint density at radius 2 is 1.40 bits per heavy atom. The van der Waals surface area contributed by atoms with Gasteiger partial charge in [-0.25, -0.2) is 0 Å². The first kappa shape index (κ1) is 11.8. The number of aliphatic hydroxyl groups excluding tert-OH is 2. The van der Waals surface area contributed by atoms with Crippen LogP contribution >= 0.6 is 15.9 Å². The molecule has 0 spiro atoms. The van der Waals surface area contributed by atoms with Crippen molar-refractivity contribution in [2.45, 2.75) is 0 Å². The fourth-order valence-electron chi connectivity index (χ4n) is 1.02. The number of benzene rings is 1. The summed E-state index contributed by atoms with van der Waals surface area (Å²) >= 11 is 3.34. The Morgan fingerprint density at radius 3 is 1.80 bits per heavy atom. The molecule has 0 aliphatic heterocycles. The normalized spacial score (nSPS) is 8.47. The van der Waals surface area contributed by atoms with Crippen LogP contribution in [0.25, 0.3) is 0 Å². The zero-order chi connectivity index (χ0) is 11.1. The number of rotatable bonds is 0. The highest BCUT2D eigenvalue weighted by Crippen LogP contribution is 2.14. The molecule has 3 heteroatoms. The zero-order valence-corrected chi connectivity index (χ0v) is 9.50. The van der Waals surface area contributed by atoms with Gasteiger partial charge in [-0.05, 0) is 18.2 Å². The van der Waals surface area contributed by atoms with E-state index in [1.165, 1.54) is 0 Å². The Morgan fingerprint density at radius 1 is 0.933 bits per heavy atom. The van der Waals surface area contributed by atoms with Gasteiger partial charge in [0.25, 0.3) is 0 Å². The average molecular weight is 265 g/mol. The molecule has 0 radical (unpaired) electrons. The molecule has 1 aromatic rings. The van der Waals surface area contributed by atoms with Gasteiger partial charge in [-0.15, -0.1) is 0 Å². The third-order valence-electron chi connectivity index (χ3n) is 1.52. The molecule has 2 nitrogen and oxygen atoms in total. The molecule has 15 heavy (non-hydrogen) atoms. The van der Waals surface area contributed by atoms with Gasteiger partial charge in [0.15, 0.2) is 0 Å². The SMILES string of the molecule is OCC#Cc1cc(Br)cc(C#CCO)c1. The van der Waals surface area contributed by atoms with Gasteiger partial charge < -0.3 is 10.2 Å². The third-order valence-corrected chi connectivity index (χ3v) is 1.98. The molecule has 0 fully saturated rings. The monoisotopic (exact) mass is 264 g/mol. The van der Waals surface area contributed by atoms with Crippen LogP contribution in [0, 0.1) is 23.7 Å². The average Bonchev–Trinajstić information content (AvgIpc) is 2.23. The molecule has 0 aromatic heterocycles. The number of aliphatic hydroxyl groups is 2. The van der Waals surface area contributed by atoms with Crippen molar-refractivity contribution in [3.8, 4) is 23.7 Å². The summed E-state index contributed by atoms with van der Waals surface area (Å²) in [5.74, 6) is 10.7. The molecule has 0 aliphatic carbocycles. The second-order valence-electron chi connectivity index (χ2n) is 2.65. The quantitative estimate of drug-likeness (QED) is 0.690. The highest BCUT2D eigenvalue weighted by Gasteiger charge is 1.94. The van der Waals surface area contributed by atoms with Gasteiger partial charge in [0.05, 0.1) is 0 Å². The lowest BCUT2D eigenvalue weighted by Gasteiger charge is -1.95. The first-order valence-electron chi connectivity index (χ1n) is 4.26. The molecule has 0 amide bonds. The molecular formula is C12H9BrO2. The van der Waals surface area contributed by atoms with Gasteiger partial charge in [0, 0.05) is 15.6 Å². The molecule has 1 rings (SSSR count). The van der Waals surface area contributed by atoms with E-state index >= 15 is 0 Å². The zero-order valence-electron chi connectivity index (χ0n) is 7.92. The van der Waals surface area contributed by atoms with Crippen molar-refractivity contribution in [1.82, 2.24) is 0 Å². The van der Waals surface area contributed by atoms with Crippen molar-refractivity contribution in [2.75, 3.05) is 13.2 Å². The highest BCUT2D eigenvalue weighted by molar-refractivity contribution is 9.10. The van der Waals surface area contributed by atoms with Crippen LogP contribution in [0.5, 0.6) is 0 Å². The van der Waals surface area contributed by atoms with E-state index in [-0.39, 0.29) is 13.2 Å². The lowest BCUT2D eigenvalue weighted by atomic mass is 10.1. The summed E-state index contributed by atoms with van der Waals surface area (Å²) < 4.78 is 0.870. The standard InChI is InChI=1S/C12H9BrO2/c13-12-8-10(3-1-5-14)7-11(9-12)4-2-6-15/h7-9,14-15H,5-6H2. The van der Waals surface area contributed by atoms with Gasteiger partial charge in [0.1, 0.15) is 13.2 Å². The molecule has 0 aliphatic rings. The van der Waals surface area contributed by atoms with Crippen LogP contribution in [0.2, 0.25) is 0 Å². The first-order valence-corrected chi connectivity index (χ1v) is 5.05. The van der Waals surface area contributed by atoms with Crippen LogP contribution in [-0.2, 0) is 0 Å². The lowest BCUT2D eigenvalue weighted by Crippen LogP contribution is -1.82. The minimum atomic E-state index is -0.163. The predicted molar refractivity (Wildman–Crippen MR) is 62.1 cm³/mol. The Labute approximate surface area is 97.1 Å².